The average molecular weight is 1060 g/mol. The van der Waals surface area contributed by atoms with Gasteiger partial charge < -0.3 is 45.3 Å². The minimum atomic E-state index is -0.897. The Labute approximate surface area is 452 Å². The highest BCUT2D eigenvalue weighted by Crippen LogP contribution is 2.35. The molecule has 5 N–H and O–H groups in total. The van der Waals surface area contributed by atoms with E-state index < -0.39 is 23.6 Å². The van der Waals surface area contributed by atoms with Gasteiger partial charge in [-0.3, -0.25) is 24.0 Å². The first-order chi connectivity index (χ1) is 36.3. The number of rotatable bonds is 22. The Kier molecular flexibility index (Phi) is 19.8. The second kappa shape index (κ2) is 26.2. The van der Waals surface area contributed by atoms with Crippen LogP contribution in [-0.4, -0.2) is 107 Å². The van der Waals surface area contributed by atoms with Crippen molar-refractivity contribution in [3.63, 3.8) is 0 Å². The van der Waals surface area contributed by atoms with Crippen molar-refractivity contribution in [1.82, 2.24) is 30.8 Å². The summed E-state index contributed by atoms with van der Waals surface area (Å²) in [7, 11) is 0. The largest absolute Gasteiger partial charge is 0.391 e. The maximum atomic E-state index is 14.2. The van der Waals surface area contributed by atoms with E-state index in [1.807, 2.05) is 97.3 Å². The molecule has 4 atom stereocenters. The molecule has 0 spiro atoms. The van der Waals surface area contributed by atoms with Crippen LogP contribution in [0, 0.1) is 33.1 Å². The maximum Gasteiger partial charge on any atom is 0.253 e. The Bertz CT molecular complexity index is 2850. The van der Waals surface area contributed by atoms with Gasteiger partial charge in [0.05, 0.1) is 28.2 Å². The number of amides is 4. The van der Waals surface area contributed by atoms with Crippen molar-refractivity contribution < 1.29 is 33.8 Å². The van der Waals surface area contributed by atoms with Crippen molar-refractivity contribution >= 4 is 40.7 Å². The number of aliphatic hydroxyl groups excluding tert-OH is 1. The smallest absolute Gasteiger partial charge is 0.253 e. The molecule has 0 radical (unpaired) electrons. The number of aromatic nitrogens is 2. The summed E-state index contributed by atoms with van der Waals surface area (Å²) in [6, 6.07) is 20.7. The number of aryl methyl sites for hydroxylation is 4. The van der Waals surface area contributed by atoms with Crippen LogP contribution in [0.5, 0.6) is 0 Å². The Morgan fingerprint density at radius 1 is 0.921 bits per heavy atom. The van der Waals surface area contributed by atoms with Gasteiger partial charge in [-0.05, 0) is 143 Å². The molecule has 0 aliphatic carbocycles. The van der Waals surface area contributed by atoms with Crippen molar-refractivity contribution in [3.05, 3.63) is 127 Å². The van der Waals surface area contributed by atoms with E-state index in [0.717, 1.165) is 87.6 Å². The number of likely N-dealkylation sites (tertiary alicyclic amines) is 1. The predicted molar refractivity (Wildman–Crippen MR) is 301 cm³/mol. The molecule has 16 heteroatoms. The zero-order valence-corrected chi connectivity index (χ0v) is 46.8. The summed E-state index contributed by atoms with van der Waals surface area (Å²) in [6.07, 6.45) is 4.19. The van der Waals surface area contributed by atoms with E-state index in [4.69, 9.17) is 9.47 Å². The van der Waals surface area contributed by atoms with Crippen LogP contribution in [0.15, 0.2) is 77.0 Å². The Morgan fingerprint density at radius 3 is 2.28 bits per heavy atom. The van der Waals surface area contributed by atoms with Crippen LogP contribution in [0.3, 0.4) is 0 Å². The third-order valence-corrected chi connectivity index (χ3v) is 15.8. The molecule has 4 heterocycles. The molecule has 7 rings (SSSR count). The van der Waals surface area contributed by atoms with Crippen LogP contribution >= 0.6 is 11.3 Å². The van der Waals surface area contributed by atoms with Crippen molar-refractivity contribution in [3.8, 4) is 21.6 Å². The van der Waals surface area contributed by atoms with Gasteiger partial charge in [-0.25, -0.2) is 4.98 Å². The number of nitrogens with zero attached hydrogens (tertiary/aromatic N) is 3. The molecule has 2 aromatic heterocycles. The fourth-order valence-electron chi connectivity index (χ4n) is 10.5. The van der Waals surface area contributed by atoms with Crippen LogP contribution in [0.4, 0.5) is 5.69 Å². The van der Waals surface area contributed by atoms with E-state index in [9.17, 15) is 29.1 Å². The summed E-state index contributed by atoms with van der Waals surface area (Å²) in [4.78, 5) is 80.1. The van der Waals surface area contributed by atoms with Crippen LogP contribution in [-0.2, 0) is 36.8 Å². The number of H-pyrrole nitrogens is 1. The number of nitrogens with one attached hydrogen (secondary N) is 4. The Balaban J connectivity index is 0.874. The molecule has 2 aliphatic rings. The van der Waals surface area contributed by atoms with Crippen LogP contribution in [0.25, 0.3) is 21.6 Å². The van der Waals surface area contributed by atoms with E-state index in [1.54, 1.807) is 11.3 Å². The SMILES string of the molecule is CCN(c1cc(-c2ccc(CCCOCCCCC(=O)NC(C(=O)N3C[C@H](O)C[C@H]3C(=O)NC(C)c3ccc(-c4scnc4C)cc3)C(C)(C)C)cc2)cc(C(=O)NCc2c(C)cc(C)[nH]c2=O)c1C)C1CCOCC1. The molecular weight excluding hydrogens is 979 g/mol. The highest BCUT2D eigenvalue weighted by Gasteiger charge is 2.44. The molecule has 2 unspecified atom stereocenters. The summed E-state index contributed by atoms with van der Waals surface area (Å²) in [5.74, 6) is -1.22. The molecule has 3 aromatic carbocycles. The van der Waals surface area contributed by atoms with Crippen LogP contribution in [0.2, 0.25) is 0 Å². The maximum absolute atomic E-state index is 14.2. The molecule has 4 amide bonds. The molecule has 408 valence electrons. The van der Waals surface area contributed by atoms with E-state index in [2.05, 4.69) is 68.1 Å². The van der Waals surface area contributed by atoms with Crippen LogP contribution in [0.1, 0.15) is 135 Å². The van der Waals surface area contributed by atoms with E-state index >= 15 is 0 Å². The fraction of sp³-hybridized carbons (Fsp3) is 0.500. The number of aliphatic hydroxyl groups is 1. The zero-order valence-electron chi connectivity index (χ0n) is 46.0. The number of unbranched alkanes of at least 4 members (excludes halogenated alkanes) is 1. The van der Waals surface area contributed by atoms with Crippen molar-refractivity contribution in [2.24, 2.45) is 5.41 Å². The molecule has 2 fully saturated rings. The van der Waals surface area contributed by atoms with Gasteiger partial charge in [0.15, 0.2) is 0 Å². The highest BCUT2D eigenvalue weighted by molar-refractivity contribution is 7.13. The number of anilines is 1. The number of hydrogen-bond acceptors (Lipinski definition) is 11. The summed E-state index contributed by atoms with van der Waals surface area (Å²) in [6.45, 7) is 20.8. The van der Waals surface area contributed by atoms with Crippen molar-refractivity contribution in [1.29, 1.82) is 0 Å². The van der Waals surface area contributed by atoms with E-state index in [1.165, 1.54) is 10.5 Å². The standard InChI is InChI=1S/C60H79N7O8S/c1-10-66(47-24-28-75-29-25-47)51-32-46(31-49(39(51)4)56(70)61-34-50-37(2)30-38(3)63-57(50)71)44-18-16-42(17-19-44)14-13-27-74-26-12-11-15-53(69)65-55(60(7,8)9)59(73)67-35-48(68)33-52(67)58(72)64-40(5)43-20-22-45(23-21-43)54-41(6)62-36-76-54/h16-23,30-32,36,40,47-48,52,55,68H,10-15,24-29,33-35H2,1-9H3,(H,61,70)(H,63,71)(H,64,72)(H,65,69)/t40?,48-,52+,55?/m1/s1. The second-order valence-electron chi connectivity index (χ2n) is 21.7. The number of aromatic amines is 1. The molecule has 0 saturated carbocycles. The third kappa shape index (κ3) is 14.6. The van der Waals surface area contributed by atoms with Crippen LogP contribution < -0.4 is 26.4 Å². The van der Waals surface area contributed by atoms with Gasteiger partial charge in [-0.1, -0.05) is 69.3 Å². The minimum Gasteiger partial charge on any atom is -0.391 e. The number of β-amino-alcohol motifs (C(OH)–C–C–N with tert-alkyl or cyclic N) is 1. The average Bonchev–Trinajstić information content (AvgIpc) is 4.02. The van der Waals surface area contributed by atoms with Gasteiger partial charge in [0.2, 0.25) is 17.7 Å². The lowest BCUT2D eigenvalue weighted by Crippen LogP contribution is -2.57. The first-order valence-electron chi connectivity index (χ1n) is 27.0. The zero-order chi connectivity index (χ0) is 54.7. The topological polar surface area (TPSA) is 195 Å². The highest BCUT2D eigenvalue weighted by atomic mass is 32.1. The number of hydrogen-bond donors (Lipinski definition) is 5. The predicted octanol–water partition coefficient (Wildman–Crippen LogP) is 8.82. The number of thiazole rings is 1. The van der Waals surface area contributed by atoms with Gasteiger partial charge in [0.25, 0.3) is 11.5 Å². The van der Waals surface area contributed by atoms with E-state index in [-0.39, 0.29) is 61.2 Å². The molecule has 5 aromatic rings. The van der Waals surface area contributed by atoms with Gasteiger partial charge in [0.1, 0.15) is 12.1 Å². The fourth-order valence-corrected chi connectivity index (χ4v) is 11.3. The first-order valence-corrected chi connectivity index (χ1v) is 27.9. The monoisotopic (exact) mass is 1060 g/mol. The Hall–Kier alpha value is -6.20. The third-order valence-electron chi connectivity index (χ3n) is 14.9. The number of carbonyl (C=O) groups is 4. The lowest BCUT2D eigenvalue weighted by Gasteiger charge is -2.37. The minimum absolute atomic E-state index is 0.00693. The van der Waals surface area contributed by atoms with Crippen molar-refractivity contribution in [2.75, 3.05) is 44.4 Å². The lowest BCUT2D eigenvalue weighted by molar-refractivity contribution is -0.144. The molecule has 2 saturated heterocycles. The van der Waals surface area contributed by atoms with E-state index in [0.29, 0.717) is 56.4 Å². The van der Waals surface area contributed by atoms with Crippen molar-refractivity contribution in [2.45, 2.75) is 150 Å². The number of benzene rings is 3. The second-order valence-corrected chi connectivity index (χ2v) is 22.5. The Morgan fingerprint density at radius 2 is 1.62 bits per heavy atom. The number of carbonyl (C=O) groups excluding carboxylic acids is 4. The van der Waals surface area contributed by atoms with Gasteiger partial charge >= 0.3 is 0 Å². The number of pyridine rings is 1. The van der Waals surface area contributed by atoms with Gasteiger partial charge in [-0.2, -0.15) is 0 Å². The summed E-state index contributed by atoms with van der Waals surface area (Å²) < 4.78 is 11.7. The molecule has 2 aliphatic heterocycles. The summed E-state index contributed by atoms with van der Waals surface area (Å²) >= 11 is 1.58. The van der Waals surface area contributed by atoms with Gasteiger partial charge in [-0.15, -0.1) is 11.3 Å². The molecule has 15 nitrogen and oxygen atoms in total. The first kappa shape index (κ1) is 57.5. The summed E-state index contributed by atoms with van der Waals surface area (Å²) in [5, 5.41) is 19.8. The van der Waals surface area contributed by atoms with Gasteiger partial charge in [0, 0.05) is 87.5 Å². The molecule has 76 heavy (non-hydrogen) atoms. The molecule has 0 bridgehead atoms. The summed E-state index contributed by atoms with van der Waals surface area (Å²) in [5.41, 5.74) is 11.7. The molecular formula is C60H79N7O8S. The quantitative estimate of drug-likeness (QED) is 0.0418. The number of ether oxygens (including phenoxy) is 2. The lowest BCUT2D eigenvalue weighted by atomic mass is 9.85. The normalized spacial score (nSPS) is 16.8.